The maximum atomic E-state index is 12.2. The molecule has 1 aliphatic heterocycles. The van der Waals surface area contributed by atoms with Crippen LogP contribution in [0.4, 0.5) is 11.4 Å². The van der Waals surface area contributed by atoms with Gasteiger partial charge in [-0.2, -0.15) is 0 Å². The van der Waals surface area contributed by atoms with Crippen molar-refractivity contribution in [2.24, 2.45) is 0 Å². The highest BCUT2D eigenvalue weighted by molar-refractivity contribution is 5.94. The molecule has 1 aromatic carbocycles. The molecule has 1 fully saturated rings. The van der Waals surface area contributed by atoms with E-state index in [9.17, 15) is 9.59 Å². The predicted molar refractivity (Wildman–Crippen MR) is 87.4 cm³/mol. The van der Waals surface area contributed by atoms with Crippen LogP contribution >= 0.6 is 0 Å². The van der Waals surface area contributed by atoms with Crippen LogP contribution < -0.4 is 9.80 Å². The highest BCUT2D eigenvalue weighted by Crippen LogP contribution is 2.24. The monoisotopic (exact) mass is 304 g/mol. The van der Waals surface area contributed by atoms with Crippen molar-refractivity contribution in [1.29, 1.82) is 0 Å². The van der Waals surface area contributed by atoms with Crippen LogP contribution in [0.25, 0.3) is 0 Å². The molecule has 1 saturated heterocycles. The van der Waals surface area contributed by atoms with Gasteiger partial charge in [0.05, 0.1) is 6.42 Å². The number of hydrogen-bond acceptors (Lipinski definition) is 3. The van der Waals surface area contributed by atoms with Crippen LogP contribution in [0.15, 0.2) is 24.3 Å². The summed E-state index contributed by atoms with van der Waals surface area (Å²) < 4.78 is 0. The Kier molecular flexibility index (Phi) is 5.81. The molecule has 0 spiro atoms. The molecule has 0 aromatic heterocycles. The van der Waals surface area contributed by atoms with Crippen molar-refractivity contribution in [2.45, 2.75) is 39.0 Å². The SMILES string of the molecule is CCCC(=O)N(CCC(=O)O)c1ccc(N2CCCC2)cc1. The van der Waals surface area contributed by atoms with E-state index in [0.717, 1.165) is 25.2 Å². The molecule has 0 radical (unpaired) electrons. The Balaban J connectivity index is 2.11. The number of carbonyl (C=O) groups excluding carboxylic acids is 1. The first kappa shape index (κ1) is 16.3. The fourth-order valence-electron chi connectivity index (χ4n) is 2.77. The molecular weight excluding hydrogens is 280 g/mol. The van der Waals surface area contributed by atoms with E-state index >= 15 is 0 Å². The Hall–Kier alpha value is -2.04. The molecule has 0 aliphatic carbocycles. The van der Waals surface area contributed by atoms with Gasteiger partial charge in [0, 0.05) is 37.4 Å². The first-order chi connectivity index (χ1) is 10.6. The zero-order valence-corrected chi connectivity index (χ0v) is 13.1. The van der Waals surface area contributed by atoms with E-state index in [4.69, 9.17) is 5.11 Å². The van der Waals surface area contributed by atoms with E-state index in [-0.39, 0.29) is 18.9 Å². The molecule has 1 aliphatic rings. The maximum absolute atomic E-state index is 12.2. The summed E-state index contributed by atoms with van der Waals surface area (Å²) in [5, 5.41) is 8.86. The van der Waals surface area contributed by atoms with Gasteiger partial charge in [0.25, 0.3) is 0 Å². The maximum Gasteiger partial charge on any atom is 0.305 e. The zero-order chi connectivity index (χ0) is 15.9. The Morgan fingerprint density at radius 2 is 1.77 bits per heavy atom. The molecule has 1 heterocycles. The summed E-state index contributed by atoms with van der Waals surface area (Å²) in [6.45, 7) is 4.33. The standard InChI is InChI=1S/C17H24N2O3/c1-2-5-16(20)19(13-10-17(21)22)15-8-6-14(7-9-15)18-11-3-4-12-18/h6-9H,2-5,10-13H2,1H3,(H,21,22). The van der Waals surface area contributed by atoms with Crippen molar-refractivity contribution in [3.05, 3.63) is 24.3 Å². The minimum absolute atomic E-state index is 0.0160. The van der Waals surface area contributed by atoms with E-state index in [1.165, 1.54) is 18.5 Å². The van der Waals surface area contributed by atoms with Gasteiger partial charge < -0.3 is 14.9 Å². The third-order valence-corrected chi connectivity index (χ3v) is 3.95. The van der Waals surface area contributed by atoms with Gasteiger partial charge in [-0.25, -0.2) is 0 Å². The zero-order valence-electron chi connectivity index (χ0n) is 13.1. The summed E-state index contributed by atoms with van der Waals surface area (Å²) in [5.41, 5.74) is 1.95. The first-order valence-corrected chi connectivity index (χ1v) is 7.99. The van der Waals surface area contributed by atoms with Crippen molar-refractivity contribution in [3.63, 3.8) is 0 Å². The number of nitrogens with zero attached hydrogens (tertiary/aromatic N) is 2. The fraction of sp³-hybridized carbons (Fsp3) is 0.529. The van der Waals surface area contributed by atoms with Crippen molar-refractivity contribution < 1.29 is 14.7 Å². The topological polar surface area (TPSA) is 60.9 Å². The summed E-state index contributed by atoms with van der Waals surface area (Å²) in [7, 11) is 0. The minimum Gasteiger partial charge on any atom is -0.481 e. The Bertz CT molecular complexity index is 507. The normalized spacial score (nSPS) is 14.1. The van der Waals surface area contributed by atoms with Crippen molar-refractivity contribution in [3.8, 4) is 0 Å². The van der Waals surface area contributed by atoms with Gasteiger partial charge in [-0.15, -0.1) is 0 Å². The van der Waals surface area contributed by atoms with E-state index < -0.39 is 5.97 Å². The molecule has 22 heavy (non-hydrogen) atoms. The number of aliphatic carboxylic acids is 1. The van der Waals surface area contributed by atoms with Crippen LogP contribution in [0.5, 0.6) is 0 Å². The summed E-state index contributed by atoms with van der Waals surface area (Å²) in [4.78, 5) is 26.9. The third kappa shape index (κ3) is 4.23. The summed E-state index contributed by atoms with van der Waals surface area (Å²) in [5.74, 6) is -0.902. The molecule has 0 saturated carbocycles. The smallest absolute Gasteiger partial charge is 0.305 e. The lowest BCUT2D eigenvalue weighted by atomic mass is 10.2. The molecule has 5 nitrogen and oxygen atoms in total. The van der Waals surface area contributed by atoms with Gasteiger partial charge in [-0.1, -0.05) is 6.92 Å². The highest BCUT2D eigenvalue weighted by Gasteiger charge is 2.17. The average Bonchev–Trinajstić information content (AvgIpc) is 3.02. The third-order valence-electron chi connectivity index (χ3n) is 3.95. The number of amides is 1. The number of anilines is 2. The van der Waals surface area contributed by atoms with Gasteiger partial charge in [-0.3, -0.25) is 9.59 Å². The lowest BCUT2D eigenvalue weighted by molar-refractivity contribution is -0.136. The molecule has 1 amide bonds. The van der Waals surface area contributed by atoms with Crippen molar-refractivity contribution >= 4 is 23.3 Å². The van der Waals surface area contributed by atoms with E-state index in [0.29, 0.717) is 6.42 Å². The Morgan fingerprint density at radius 3 is 2.32 bits per heavy atom. The summed E-state index contributed by atoms with van der Waals surface area (Å²) >= 11 is 0. The summed E-state index contributed by atoms with van der Waals surface area (Å²) in [6.07, 6.45) is 3.61. The van der Waals surface area contributed by atoms with E-state index in [1.54, 1.807) is 4.90 Å². The van der Waals surface area contributed by atoms with Crippen molar-refractivity contribution in [2.75, 3.05) is 29.4 Å². The number of carbonyl (C=O) groups is 2. The number of hydrogen-bond donors (Lipinski definition) is 1. The van der Waals surface area contributed by atoms with Crippen LogP contribution in [0.2, 0.25) is 0 Å². The van der Waals surface area contributed by atoms with Crippen LogP contribution in [-0.2, 0) is 9.59 Å². The molecule has 5 heteroatoms. The van der Waals surface area contributed by atoms with Crippen LogP contribution in [0, 0.1) is 0 Å². The molecule has 0 bridgehead atoms. The number of rotatable bonds is 7. The second-order valence-electron chi connectivity index (χ2n) is 5.65. The van der Waals surface area contributed by atoms with Crippen LogP contribution in [0.3, 0.4) is 0 Å². The molecular formula is C17H24N2O3. The Labute approximate surface area is 131 Å². The molecule has 0 unspecified atom stereocenters. The minimum atomic E-state index is -0.886. The lowest BCUT2D eigenvalue weighted by Crippen LogP contribution is -2.32. The predicted octanol–water partition coefficient (Wildman–Crippen LogP) is 2.89. The van der Waals surface area contributed by atoms with Crippen LogP contribution in [0.1, 0.15) is 39.0 Å². The quantitative estimate of drug-likeness (QED) is 0.841. The van der Waals surface area contributed by atoms with Gasteiger partial charge in [0.2, 0.25) is 5.91 Å². The summed E-state index contributed by atoms with van der Waals surface area (Å²) in [6, 6.07) is 7.88. The van der Waals surface area contributed by atoms with Gasteiger partial charge >= 0.3 is 5.97 Å². The Morgan fingerprint density at radius 1 is 1.14 bits per heavy atom. The second-order valence-corrected chi connectivity index (χ2v) is 5.65. The number of carboxylic acids is 1. The van der Waals surface area contributed by atoms with E-state index in [1.807, 2.05) is 31.2 Å². The number of carboxylic acid groups (broad SMARTS) is 1. The van der Waals surface area contributed by atoms with Gasteiger partial charge in [-0.05, 0) is 43.5 Å². The van der Waals surface area contributed by atoms with Crippen molar-refractivity contribution in [1.82, 2.24) is 0 Å². The number of benzene rings is 1. The lowest BCUT2D eigenvalue weighted by Gasteiger charge is -2.24. The van der Waals surface area contributed by atoms with Gasteiger partial charge in [0.15, 0.2) is 0 Å². The first-order valence-electron chi connectivity index (χ1n) is 7.99. The highest BCUT2D eigenvalue weighted by atomic mass is 16.4. The largest absolute Gasteiger partial charge is 0.481 e. The van der Waals surface area contributed by atoms with Gasteiger partial charge in [0.1, 0.15) is 0 Å². The second kappa shape index (κ2) is 7.82. The molecule has 120 valence electrons. The molecule has 2 rings (SSSR count). The molecule has 1 aromatic rings. The molecule has 0 atom stereocenters. The van der Waals surface area contributed by atoms with Crippen LogP contribution in [-0.4, -0.2) is 36.6 Å². The molecule has 1 N–H and O–H groups in total. The fourth-order valence-corrected chi connectivity index (χ4v) is 2.77. The van der Waals surface area contributed by atoms with E-state index in [2.05, 4.69) is 4.90 Å². The average molecular weight is 304 g/mol.